The molecule has 0 spiro atoms. The van der Waals surface area contributed by atoms with Crippen molar-refractivity contribution in [2.75, 3.05) is 18.4 Å². The van der Waals surface area contributed by atoms with Gasteiger partial charge in [-0.1, -0.05) is 56.3 Å². The Morgan fingerprint density at radius 2 is 1.95 bits per heavy atom. The first-order valence-electron chi connectivity index (χ1n) is 12.9. The SMILES string of the molecule is C=C(C)OC(=O)N1CC[C@@H](Nc2ccc(-c3c(CCCC)nc4c5ccccc5ccn4c3=O)cc2)C1. The lowest BCUT2D eigenvalue weighted by atomic mass is 10.0. The number of ether oxygens (including phenoxy) is 1. The molecule has 1 saturated heterocycles. The molecule has 190 valence electrons. The number of anilines is 1. The lowest BCUT2D eigenvalue weighted by Gasteiger charge is -2.17. The molecule has 1 atom stereocenters. The molecule has 0 saturated carbocycles. The molecule has 1 fully saturated rings. The molecule has 0 radical (unpaired) electrons. The van der Waals surface area contributed by atoms with Gasteiger partial charge < -0.3 is 15.0 Å². The number of hydrogen-bond acceptors (Lipinski definition) is 5. The van der Waals surface area contributed by atoms with E-state index in [9.17, 15) is 9.59 Å². The van der Waals surface area contributed by atoms with Crippen LogP contribution in [0, 0.1) is 0 Å². The molecule has 7 heteroatoms. The fraction of sp³-hybridized carbons (Fsp3) is 0.300. The quantitative estimate of drug-likeness (QED) is 0.250. The van der Waals surface area contributed by atoms with Crippen LogP contribution in [0.4, 0.5) is 10.5 Å². The predicted octanol–water partition coefficient (Wildman–Crippen LogP) is 6.01. The third-order valence-corrected chi connectivity index (χ3v) is 6.81. The van der Waals surface area contributed by atoms with E-state index in [4.69, 9.17) is 9.72 Å². The number of hydrogen-bond donors (Lipinski definition) is 1. The molecule has 1 N–H and O–H groups in total. The van der Waals surface area contributed by atoms with Crippen molar-refractivity contribution in [1.29, 1.82) is 0 Å². The van der Waals surface area contributed by atoms with Crippen LogP contribution in [0.3, 0.4) is 0 Å². The van der Waals surface area contributed by atoms with Gasteiger partial charge in [-0.2, -0.15) is 0 Å². The Bertz CT molecular complexity index is 1520. The highest BCUT2D eigenvalue weighted by Crippen LogP contribution is 2.26. The molecule has 2 aromatic carbocycles. The van der Waals surface area contributed by atoms with Gasteiger partial charge in [-0.25, -0.2) is 9.78 Å². The van der Waals surface area contributed by atoms with E-state index in [1.165, 1.54) is 0 Å². The van der Waals surface area contributed by atoms with E-state index in [0.717, 1.165) is 53.4 Å². The molecular weight excluding hydrogens is 464 g/mol. The zero-order valence-electron chi connectivity index (χ0n) is 21.4. The van der Waals surface area contributed by atoms with Crippen LogP contribution < -0.4 is 10.9 Å². The van der Waals surface area contributed by atoms with Crippen molar-refractivity contribution < 1.29 is 9.53 Å². The Morgan fingerprint density at radius 1 is 1.16 bits per heavy atom. The smallest absolute Gasteiger partial charge is 0.414 e. The number of amides is 1. The van der Waals surface area contributed by atoms with Crippen LogP contribution in [0.15, 0.2) is 77.9 Å². The first-order valence-corrected chi connectivity index (χ1v) is 12.9. The van der Waals surface area contributed by atoms with E-state index in [-0.39, 0.29) is 17.7 Å². The van der Waals surface area contributed by atoms with Crippen molar-refractivity contribution in [2.24, 2.45) is 0 Å². The van der Waals surface area contributed by atoms with Crippen LogP contribution in [0.5, 0.6) is 0 Å². The van der Waals surface area contributed by atoms with Gasteiger partial charge in [0.05, 0.1) is 17.0 Å². The average molecular weight is 497 g/mol. The zero-order valence-corrected chi connectivity index (χ0v) is 21.4. The maximum Gasteiger partial charge on any atom is 0.414 e. The van der Waals surface area contributed by atoms with Crippen molar-refractivity contribution >= 4 is 28.2 Å². The molecule has 0 unspecified atom stereocenters. The summed E-state index contributed by atoms with van der Waals surface area (Å²) in [5.41, 5.74) is 3.94. The highest BCUT2D eigenvalue weighted by molar-refractivity contribution is 5.94. The number of carbonyl (C=O) groups is 1. The van der Waals surface area contributed by atoms with Gasteiger partial charge in [-0.3, -0.25) is 9.20 Å². The van der Waals surface area contributed by atoms with Crippen LogP contribution in [0.25, 0.3) is 27.5 Å². The summed E-state index contributed by atoms with van der Waals surface area (Å²) in [4.78, 5) is 32.6. The van der Waals surface area contributed by atoms with Gasteiger partial charge in [0.2, 0.25) is 0 Å². The van der Waals surface area contributed by atoms with E-state index in [1.54, 1.807) is 16.2 Å². The summed E-state index contributed by atoms with van der Waals surface area (Å²) in [7, 11) is 0. The fourth-order valence-electron chi connectivity index (χ4n) is 4.95. The molecule has 3 heterocycles. The number of fused-ring (bicyclic) bond motifs is 3. The minimum atomic E-state index is -0.358. The van der Waals surface area contributed by atoms with Crippen molar-refractivity contribution in [3.8, 4) is 11.1 Å². The molecule has 7 nitrogen and oxygen atoms in total. The van der Waals surface area contributed by atoms with E-state index >= 15 is 0 Å². The molecule has 5 rings (SSSR count). The summed E-state index contributed by atoms with van der Waals surface area (Å²) >= 11 is 0. The maximum absolute atomic E-state index is 13.7. The predicted molar refractivity (Wildman–Crippen MR) is 148 cm³/mol. The van der Waals surface area contributed by atoms with Crippen molar-refractivity contribution in [3.63, 3.8) is 0 Å². The largest absolute Gasteiger partial charge is 0.416 e. The number of aromatic nitrogens is 2. The maximum atomic E-state index is 13.7. The van der Waals surface area contributed by atoms with Gasteiger partial charge in [-0.05, 0) is 55.3 Å². The molecule has 2 aromatic heterocycles. The highest BCUT2D eigenvalue weighted by atomic mass is 16.6. The number of nitrogens with one attached hydrogen (secondary N) is 1. The first kappa shape index (κ1) is 24.6. The Balaban J connectivity index is 1.43. The number of aryl methyl sites for hydroxylation is 1. The Morgan fingerprint density at radius 3 is 2.70 bits per heavy atom. The normalized spacial score (nSPS) is 15.3. The van der Waals surface area contributed by atoms with Crippen molar-refractivity contribution in [2.45, 2.75) is 45.6 Å². The molecule has 37 heavy (non-hydrogen) atoms. The van der Waals surface area contributed by atoms with Crippen LogP contribution >= 0.6 is 0 Å². The topological polar surface area (TPSA) is 75.9 Å². The Kier molecular flexibility index (Phi) is 6.95. The average Bonchev–Trinajstić information content (AvgIpc) is 3.36. The van der Waals surface area contributed by atoms with E-state index in [0.29, 0.717) is 30.1 Å². The third kappa shape index (κ3) is 5.07. The number of allylic oxidation sites excluding steroid dienone is 1. The summed E-state index contributed by atoms with van der Waals surface area (Å²) < 4.78 is 6.79. The summed E-state index contributed by atoms with van der Waals surface area (Å²) in [6.07, 6.45) is 5.03. The third-order valence-electron chi connectivity index (χ3n) is 6.81. The zero-order chi connectivity index (χ0) is 25.9. The van der Waals surface area contributed by atoms with Crippen LogP contribution in [-0.4, -0.2) is 39.5 Å². The lowest BCUT2D eigenvalue weighted by Crippen LogP contribution is -2.31. The Labute approximate surface area is 216 Å². The van der Waals surface area contributed by atoms with E-state index < -0.39 is 0 Å². The molecule has 1 aliphatic rings. The number of benzene rings is 2. The van der Waals surface area contributed by atoms with Crippen LogP contribution in [0.1, 0.15) is 38.8 Å². The fourth-order valence-corrected chi connectivity index (χ4v) is 4.95. The number of rotatable bonds is 7. The highest BCUT2D eigenvalue weighted by Gasteiger charge is 2.27. The van der Waals surface area contributed by atoms with Gasteiger partial charge >= 0.3 is 6.09 Å². The standard InChI is InChI=1S/C30H32N4O3/c1-4-5-10-26-27(29(35)34-18-15-21-8-6-7-9-25(21)28(34)32-26)22-11-13-23(14-12-22)31-24-16-17-33(19-24)30(36)37-20(2)3/h6-9,11-15,18,24,31H,2,4-5,10,16-17,19H2,1,3H3/t24-/m1/s1. The monoisotopic (exact) mass is 496 g/mol. The van der Waals surface area contributed by atoms with Gasteiger partial charge in [-0.15, -0.1) is 0 Å². The summed E-state index contributed by atoms with van der Waals surface area (Å²) in [6, 6.07) is 18.1. The number of carbonyl (C=O) groups excluding carboxylic acids is 1. The molecule has 1 aliphatic heterocycles. The molecule has 0 bridgehead atoms. The second-order valence-electron chi connectivity index (χ2n) is 9.66. The number of pyridine rings is 1. The van der Waals surface area contributed by atoms with Gasteiger partial charge in [0, 0.05) is 36.4 Å². The second-order valence-corrected chi connectivity index (χ2v) is 9.66. The van der Waals surface area contributed by atoms with Gasteiger partial charge in [0.1, 0.15) is 5.65 Å². The molecular formula is C30H32N4O3. The molecule has 0 aliphatic carbocycles. The Hall–Kier alpha value is -4.13. The second kappa shape index (κ2) is 10.5. The minimum Gasteiger partial charge on any atom is -0.416 e. The summed E-state index contributed by atoms with van der Waals surface area (Å²) in [5, 5.41) is 5.54. The number of nitrogens with zero attached hydrogens (tertiary/aromatic N) is 3. The van der Waals surface area contributed by atoms with Crippen LogP contribution in [0.2, 0.25) is 0 Å². The van der Waals surface area contributed by atoms with E-state index in [1.807, 2.05) is 60.8 Å². The summed E-state index contributed by atoms with van der Waals surface area (Å²) in [6.45, 7) is 8.65. The van der Waals surface area contributed by atoms with Crippen LogP contribution in [-0.2, 0) is 11.2 Å². The van der Waals surface area contributed by atoms with Crippen molar-refractivity contribution in [3.05, 3.63) is 89.2 Å². The van der Waals surface area contributed by atoms with Gasteiger partial charge in [0.25, 0.3) is 5.56 Å². The minimum absolute atomic E-state index is 0.0509. The molecule has 1 amide bonds. The summed E-state index contributed by atoms with van der Waals surface area (Å²) in [5.74, 6) is 0.391. The lowest BCUT2D eigenvalue weighted by molar-refractivity contribution is 0.138. The number of unbranched alkanes of at least 4 members (excludes halogenated alkanes) is 1. The van der Waals surface area contributed by atoms with Gasteiger partial charge in [0.15, 0.2) is 0 Å². The first-order chi connectivity index (χ1) is 17.9. The van der Waals surface area contributed by atoms with E-state index in [2.05, 4.69) is 18.8 Å². The van der Waals surface area contributed by atoms with Crippen molar-refractivity contribution in [1.82, 2.24) is 14.3 Å². The number of likely N-dealkylation sites (tertiary alicyclic amines) is 1. The molecule has 4 aromatic rings.